The van der Waals surface area contributed by atoms with Gasteiger partial charge in [0.25, 0.3) is 0 Å². The molecule has 4 fully saturated rings. The Morgan fingerprint density at radius 3 is 2.26 bits per heavy atom. The van der Waals surface area contributed by atoms with Crippen LogP contribution in [0.2, 0.25) is 0 Å². The molecule has 8 atom stereocenters. The number of allylic oxidation sites excluding steroid dienone is 2. The standard InChI is InChI=1S/C30H48O/c1-19(2)20-10-11-23-28(20,6)16-17-30(8)25-21(12-15-29(23,30)7)27(5)14-9-13-26(3,4)24(27)18-22(25)31/h12,19-20,23-25H,9-11,13-18H2,1-8H3/t20-,23-,24+,25+,27-,28-,29+,30-/m1/s1. The quantitative estimate of drug-likeness (QED) is 0.387. The molecule has 0 bridgehead atoms. The van der Waals surface area contributed by atoms with Gasteiger partial charge in [0.15, 0.2) is 0 Å². The van der Waals surface area contributed by atoms with Gasteiger partial charge in [0, 0.05) is 12.3 Å². The van der Waals surface area contributed by atoms with Crippen LogP contribution in [0.3, 0.4) is 0 Å². The Bertz CT molecular complexity index is 818. The second kappa shape index (κ2) is 6.50. The van der Waals surface area contributed by atoms with Crippen LogP contribution in [0, 0.1) is 56.7 Å². The summed E-state index contributed by atoms with van der Waals surface area (Å²) in [5.74, 6) is 3.71. The van der Waals surface area contributed by atoms with E-state index in [-0.39, 0.29) is 27.6 Å². The maximum Gasteiger partial charge on any atom is 0.140 e. The molecule has 0 aromatic carbocycles. The molecular formula is C30H48O. The molecule has 0 aromatic heterocycles. The van der Waals surface area contributed by atoms with E-state index in [2.05, 4.69) is 61.5 Å². The molecule has 0 spiro atoms. The molecule has 0 unspecified atom stereocenters. The molecule has 0 amide bonds. The van der Waals surface area contributed by atoms with Crippen molar-refractivity contribution in [2.45, 2.75) is 113 Å². The molecule has 5 aliphatic rings. The van der Waals surface area contributed by atoms with Crippen LogP contribution in [-0.2, 0) is 4.79 Å². The van der Waals surface area contributed by atoms with E-state index in [4.69, 9.17) is 0 Å². The average molecular weight is 425 g/mol. The van der Waals surface area contributed by atoms with Crippen LogP contribution in [0.4, 0.5) is 0 Å². The summed E-state index contributed by atoms with van der Waals surface area (Å²) in [5, 5.41) is 0. The summed E-state index contributed by atoms with van der Waals surface area (Å²) in [5.41, 5.74) is 2.98. The van der Waals surface area contributed by atoms with Gasteiger partial charge in [-0.25, -0.2) is 0 Å². The van der Waals surface area contributed by atoms with Gasteiger partial charge in [-0.05, 0) is 95.7 Å². The molecule has 0 aromatic rings. The number of ketones is 1. The molecule has 5 aliphatic carbocycles. The molecule has 0 aliphatic heterocycles. The van der Waals surface area contributed by atoms with Gasteiger partial charge in [-0.3, -0.25) is 4.79 Å². The lowest BCUT2D eigenvalue weighted by atomic mass is 9.35. The summed E-state index contributed by atoms with van der Waals surface area (Å²) in [6, 6.07) is 0. The molecule has 5 rings (SSSR count). The minimum atomic E-state index is 0.139. The summed E-state index contributed by atoms with van der Waals surface area (Å²) in [6.45, 7) is 20.1. The Balaban J connectivity index is 1.60. The third-order valence-corrected chi connectivity index (χ3v) is 12.8. The first-order valence-corrected chi connectivity index (χ1v) is 13.5. The van der Waals surface area contributed by atoms with Crippen molar-refractivity contribution < 1.29 is 4.79 Å². The highest BCUT2D eigenvalue weighted by Crippen LogP contribution is 2.75. The fraction of sp³-hybridized carbons (Fsp3) is 0.900. The minimum Gasteiger partial charge on any atom is -0.299 e. The predicted octanol–water partition coefficient (Wildman–Crippen LogP) is 8.23. The number of rotatable bonds is 1. The first kappa shape index (κ1) is 22.2. The monoisotopic (exact) mass is 424 g/mol. The number of hydrogen-bond donors (Lipinski definition) is 0. The summed E-state index contributed by atoms with van der Waals surface area (Å²) >= 11 is 0. The van der Waals surface area contributed by atoms with Crippen LogP contribution < -0.4 is 0 Å². The van der Waals surface area contributed by atoms with Crippen molar-refractivity contribution in [2.24, 2.45) is 56.7 Å². The number of fused-ring (bicyclic) bond motifs is 7. The lowest BCUT2D eigenvalue weighted by Gasteiger charge is -2.68. The Kier molecular flexibility index (Phi) is 4.66. The van der Waals surface area contributed by atoms with Crippen molar-refractivity contribution in [2.75, 3.05) is 0 Å². The Morgan fingerprint density at radius 1 is 0.871 bits per heavy atom. The normalized spacial score (nSPS) is 53.3. The zero-order valence-electron chi connectivity index (χ0n) is 21.7. The highest BCUT2D eigenvalue weighted by atomic mass is 16.1. The Labute approximate surface area is 192 Å². The third kappa shape index (κ3) is 2.59. The van der Waals surface area contributed by atoms with Crippen molar-refractivity contribution in [3.05, 3.63) is 11.6 Å². The largest absolute Gasteiger partial charge is 0.299 e. The fourth-order valence-corrected chi connectivity index (χ4v) is 11.0. The molecule has 174 valence electrons. The van der Waals surface area contributed by atoms with Crippen molar-refractivity contribution >= 4 is 5.78 Å². The summed E-state index contributed by atoms with van der Waals surface area (Å²) < 4.78 is 0. The van der Waals surface area contributed by atoms with Crippen LogP contribution in [0.15, 0.2) is 11.6 Å². The van der Waals surface area contributed by atoms with Crippen molar-refractivity contribution in [1.82, 2.24) is 0 Å². The van der Waals surface area contributed by atoms with Crippen molar-refractivity contribution in [3.8, 4) is 0 Å². The molecule has 31 heavy (non-hydrogen) atoms. The second-order valence-corrected chi connectivity index (χ2v) is 14.6. The van der Waals surface area contributed by atoms with Gasteiger partial charge in [0.05, 0.1) is 0 Å². The minimum absolute atomic E-state index is 0.139. The Morgan fingerprint density at radius 2 is 1.58 bits per heavy atom. The van der Waals surface area contributed by atoms with Crippen LogP contribution >= 0.6 is 0 Å². The zero-order valence-corrected chi connectivity index (χ0v) is 21.7. The first-order valence-electron chi connectivity index (χ1n) is 13.5. The summed E-state index contributed by atoms with van der Waals surface area (Å²) in [6.07, 6.45) is 13.9. The van der Waals surface area contributed by atoms with Gasteiger partial charge in [-0.2, -0.15) is 0 Å². The third-order valence-electron chi connectivity index (χ3n) is 12.8. The first-order chi connectivity index (χ1) is 14.3. The number of hydrogen-bond acceptors (Lipinski definition) is 1. The van der Waals surface area contributed by atoms with E-state index in [1.54, 1.807) is 5.57 Å². The van der Waals surface area contributed by atoms with Gasteiger partial charge < -0.3 is 0 Å². The molecule has 1 heteroatoms. The van der Waals surface area contributed by atoms with E-state index in [0.29, 0.717) is 17.1 Å². The maximum absolute atomic E-state index is 14.0. The summed E-state index contributed by atoms with van der Waals surface area (Å²) in [7, 11) is 0. The number of carbonyl (C=O) groups is 1. The zero-order chi connectivity index (χ0) is 22.6. The second-order valence-electron chi connectivity index (χ2n) is 14.6. The lowest BCUT2D eigenvalue weighted by Crippen LogP contribution is -2.63. The van der Waals surface area contributed by atoms with Gasteiger partial charge >= 0.3 is 0 Å². The van der Waals surface area contributed by atoms with Crippen LogP contribution in [0.5, 0.6) is 0 Å². The van der Waals surface area contributed by atoms with Gasteiger partial charge in [0.2, 0.25) is 0 Å². The highest BCUT2D eigenvalue weighted by molar-refractivity contribution is 5.87. The Hall–Kier alpha value is -0.590. The van der Waals surface area contributed by atoms with E-state index >= 15 is 0 Å². The SMILES string of the molecule is CC(C)[C@H]1CC[C@@H]2[C@]1(C)CC[C@]1(C)[C@@H]3C(=O)C[C@H]4C(C)(C)CCC[C@]4(C)C3=CC[C@@]21C. The molecular weight excluding hydrogens is 376 g/mol. The predicted molar refractivity (Wildman–Crippen MR) is 130 cm³/mol. The molecule has 4 saturated carbocycles. The van der Waals surface area contributed by atoms with E-state index in [1.165, 1.54) is 51.4 Å². The van der Waals surface area contributed by atoms with Gasteiger partial charge in [-0.1, -0.05) is 73.5 Å². The molecule has 0 N–H and O–H groups in total. The highest BCUT2D eigenvalue weighted by Gasteiger charge is 2.69. The summed E-state index contributed by atoms with van der Waals surface area (Å²) in [4.78, 5) is 14.0. The van der Waals surface area contributed by atoms with Gasteiger partial charge in [-0.15, -0.1) is 0 Å². The van der Waals surface area contributed by atoms with E-state index in [0.717, 1.165) is 24.2 Å². The molecule has 0 saturated heterocycles. The van der Waals surface area contributed by atoms with Crippen molar-refractivity contribution in [3.63, 3.8) is 0 Å². The van der Waals surface area contributed by atoms with E-state index in [9.17, 15) is 4.79 Å². The van der Waals surface area contributed by atoms with Crippen molar-refractivity contribution in [1.29, 1.82) is 0 Å². The lowest BCUT2D eigenvalue weighted by molar-refractivity contribution is -0.169. The van der Waals surface area contributed by atoms with Gasteiger partial charge in [0.1, 0.15) is 5.78 Å². The molecule has 0 heterocycles. The smallest absolute Gasteiger partial charge is 0.140 e. The van der Waals surface area contributed by atoms with Crippen LogP contribution in [-0.4, -0.2) is 5.78 Å². The average Bonchev–Trinajstić information content (AvgIpc) is 3.03. The number of carbonyl (C=O) groups excluding carboxylic acids is 1. The molecule has 0 radical (unpaired) electrons. The fourth-order valence-electron chi connectivity index (χ4n) is 11.0. The van der Waals surface area contributed by atoms with Crippen LogP contribution in [0.1, 0.15) is 113 Å². The van der Waals surface area contributed by atoms with E-state index in [1.807, 2.05) is 0 Å². The van der Waals surface area contributed by atoms with E-state index < -0.39 is 0 Å². The number of Topliss-reactive ketones (excluding diaryl/α,β-unsaturated/α-hetero) is 1. The topological polar surface area (TPSA) is 17.1 Å². The molecule has 1 nitrogen and oxygen atoms in total. The van der Waals surface area contributed by atoms with Crippen LogP contribution in [0.25, 0.3) is 0 Å². The maximum atomic E-state index is 14.0.